The first-order valence-corrected chi connectivity index (χ1v) is 8.94. The van der Waals surface area contributed by atoms with Gasteiger partial charge in [0.1, 0.15) is 0 Å². The smallest absolute Gasteiger partial charge is 0.748 e. The fraction of sp³-hybridized carbons (Fsp3) is 1.00. The Morgan fingerprint density at radius 1 is 1.11 bits per heavy atom. The quantitative estimate of drug-likeness (QED) is 0.329. The normalized spacial score (nSPS) is 33.8. The van der Waals surface area contributed by atoms with Gasteiger partial charge in [0.25, 0.3) is 0 Å². The van der Waals surface area contributed by atoms with E-state index in [9.17, 15) is 21.4 Å². The van der Waals surface area contributed by atoms with E-state index in [0.717, 1.165) is 6.26 Å². The van der Waals surface area contributed by atoms with Gasteiger partial charge in [-0.2, -0.15) is 0 Å². The number of nitrogens with one attached hydrogen (secondary N) is 1. The van der Waals surface area contributed by atoms with Crippen LogP contribution in [-0.2, 0) is 20.1 Å². The summed E-state index contributed by atoms with van der Waals surface area (Å²) in [6.45, 7) is 0. The Kier molecular flexibility index (Phi) is 7.44. The van der Waals surface area contributed by atoms with E-state index in [1.807, 2.05) is 0 Å². The molecule has 1 aliphatic carbocycles. The van der Waals surface area contributed by atoms with Crippen molar-refractivity contribution in [2.45, 2.75) is 34.9 Å². The summed E-state index contributed by atoms with van der Waals surface area (Å²) >= 11 is 11.6. The van der Waals surface area contributed by atoms with Gasteiger partial charge in [-0.3, -0.25) is 0 Å². The third-order valence-corrected chi connectivity index (χ3v) is 5.62. The van der Waals surface area contributed by atoms with Crippen LogP contribution in [-0.4, -0.2) is 49.7 Å². The molecule has 0 radical (unpaired) electrons. The Labute approximate surface area is 139 Å². The Balaban J connectivity index is 0.00000289. The van der Waals surface area contributed by atoms with Crippen molar-refractivity contribution in [3.8, 4) is 0 Å². The molecule has 1 rings (SSSR count). The van der Waals surface area contributed by atoms with Crippen LogP contribution < -0.4 is 34.3 Å². The zero-order chi connectivity index (χ0) is 13.4. The minimum Gasteiger partial charge on any atom is -0.748 e. The van der Waals surface area contributed by atoms with Crippen molar-refractivity contribution in [3.05, 3.63) is 0 Å². The van der Waals surface area contributed by atoms with E-state index >= 15 is 0 Å². The second-order valence-corrected chi connectivity index (χ2v) is 8.52. The average Bonchev–Trinajstić information content (AvgIpc) is 2.06. The summed E-state index contributed by atoms with van der Waals surface area (Å²) in [6, 6.07) is -0.660. The standard InChI is InChI=1S/C7H13Cl2NO5S2.Na/c1-16(11,12)10-6-2-5(9)7(3-4(6)8)17(13,14)15;/h4-7,10H,2-3H2,1H3,(H,13,14,15);/q;+1/p-1. The number of halogens is 2. The summed E-state index contributed by atoms with van der Waals surface area (Å²) in [5, 5.41) is -2.98. The summed E-state index contributed by atoms with van der Waals surface area (Å²) < 4.78 is 57.0. The number of hydrogen-bond donors (Lipinski definition) is 1. The topological polar surface area (TPSA) is 103 Å². The van der Waals surface area contributed by atoms with E-state index in [1.54, 1.807) is 0 Å². The van der Waals surface area contributed by atoms with Crippen LogP contribution in [0.15, 0.2) is 0 Å². The van der Waals surface area contributed by atoms with Crippen molar-refractivity contribution in [1.82, 2.24) is 4.72 Å². The molecule has 102 valence electrons. The molecule has 0 aromatic rings. The van der Waals surface area contributed by atoms with Gasteiger partial charge in [0.15, 0.2) is 0 Å². The molecule has 0 bridgehead atoms. The number of sulfonamides is 1. The monoisotopic (exact) mass is 347 g/mol. The average molecular weight is 348 g/mol. The molecule has 0 spiro atoms. The summed E-state index contributed by atoms with van der Waals surface area (Å²) in [5.74, 6) is 0. The molecule has 4 unspecified atom stereocenters. The van der Waals surface area contributed by atoms with Gasteiger partial charge in [0.05, 0.1) is 32.4 Å². The fourth-order valence-corrected chi connectivity index (χ4v) is 4.71. The van der Waals surface area contributed by atoms with Crippen LogP contribution >= 0.6 is 23.2 Å². The predicted octanol–water partition coefficient (Wildman–Crippen LogP) is -3.17. The van der Waals surface area contributed by atoms with Gasteiger partial charge in [-0.15, -0.1) is 23.2 Å². The van der Waals surface area contributed by atoms with E-state index < -0.39 is 42.2 Å². The van der Waals surface area contributed by atoms with Crippen molar-refractivity contribution in [3.63, 3.8) is 0 Å². The Bertz CT molecular complexity index is 482. The Morgan fingerprint density at radius 2 is 1.61 bits per heavy atom. The van der Waals surface area contributed by atoms with E-state index in [-0.39, 0.29) is 42.4 Å². The zero-order valence-corrected chi connectivity index (χ0v) is 15.0. The van der Waals surface area contributed by atoms with E-state index in [2.05, 4.69) is 4.72 Å². The first kappa shape index (κ1) is 19.4. The largest absolute Gasteiger partial charge is 1.00 e. The molecule has 11 heteroatoms. The van der Waals surface area contributed by atoms with Crippen molar-refractivity contribution in [2.75, 3.05) is 6.26 Å². The Morgan fingerprint density at radius 3 is 2.00 bits per heavy atom. The van der Waals surface area contributed by atoms with Crippen LogP contribution in [0.4, 0.5) is 0 Å². The number of hydrogen-bond acceptors (Lipinski definition) is 5. The molecular weight excluding hydrogens is 336 g/mol. The maximum absolute atomic E-state index is 11.0. The maximum atomic E-state index is 11.0. The first-order valence-electron chi connectivity index (χ1n) is 4.71. The van der Waals surface area contributed by atoms with Gasteiger partial charge >= 0.3 is 29.6 Å². The maximum Gasteiger partial charge on any atom is 1.00 e. The molecule has 1 fully saturated rings. The van der Waals surface area contributed by atoms with Crippen LogP contribution in [0.2, 0.25) is 0 Å². The van der Waals surface area contributed by atoms with Gasteiger partial charge in [-0.25, -0.2) is 21.6 Å². The molecule has 0 aromatic heterocycles. The second-order valence-electron chi connectivity index (χ2n) is 4.03. The summed E-state index contributed by atoms with van der Waals surface area (Å²) in [7, 11) is -7.97. The van der Waals surface area contributed by atoms with Crippen LogP contribution in [0.25, 0.3) is 0 Å². The molecule has 1 N–H and O–H groups in total. The SMILES string of the molecule is CS(=O)(=O)NC1CC(Cl)C(S(=O)(=O)[O-])CC1Cl.[Na+]. The second kappa shape index (κ2) is 6.91. The van der Waals surface area contributed by atoms with E-state index in [4.69, 9.17) is 23.2 Å². The number of alkyl halides is 2. The third kappa shape index (κ3) is 5.80. The summed E-state index contributed by atoms with van der Waals surface area (Å²) in [5.41, 5.74) is 0. The molecule has 1 saturated carbocycles. The third-order valence-electron chi connectivity index (χ3n) is 2.51. The van der Waals surface area contributed by atoms with Crippen molar-refractivity contribution < 1.29 is 50.9 Å². The molecule has 1 aliphatic rings. The fourth-order valence-electron chi connectivity index (χ4n) is 1.77. The van der Waals surface area contributed by atoms with Gasteiger partial charge in [-0.1, -0.05) is 0 Å². The van der Waals surface area contributed by atoms with Gasteiger partial charge < -0.3 is 4.55 Å². The van der Waals surface area contributed by atoms with Crippen molar-refractivity contribution >= 4 is 43.3 Å². The van der Waals surface area contributed by atoms with Gasteiger partial charge in [0, 0.05) is 6.04 Å². The molecule has 0 aliphatic heterocycles. The van der Waals surface area contributed by atoms with Crippen molar-refractivity contribution in [1.29, 1.82) is 0 Å². The van der Waals surface area contributed by atoms with E-state index in [0.29, 0.717) is 0 Å². The first-order chi connectivity index (χ1) is 7.50. The Hall–Kier alpha value is 1.40. The molecule has 0 saturated heterocycles. The van der Waals surface area contributed by atoms with Crippen molar-refractivity contribution in [2.24, 2.45) is 0 Å². The summed E-state index contributed by atoms with van der Waals surface area (Å²) in [4.78, 5) is 0. The minimum atomic E-state index is -4.52. The molecule has 6 nitrogen and oxygen atoms in total. The molecule has 0 aromatic carbocycles. The van der Waals surface area contributed by atoms with Crippen LogP contribution in [0.1, 0.15) is 12.8 Å². The van der Waals surface area contributed by atoms with E-state index in [1.165, 1.54) is 0 Å². The van der Waals surface area contributed by atoms with Gasteiger partial charge in [0.2, 0.25) is 10.0 Å². The predicted molar refractivity (Wildman–Crippen MR) is 63.8 cm³/mol. The molecule has 18 heavy (non-hydrogen) atoms. The summed E-state index contributed by atoms with van der Waals surface area (Å²) in [6.07, 6.45) is 0.819. The molecule has 4 atom stereocenters. The minimum absolute atomic E-state index is 0. The van der Waals surface area contributed by atoms with Crippen LogP contribution in [0, 0.1) is 0 Å². The van der Waals surface area contributed by atoms with Gasteiger partial charge in [-0.05, 0) is 12.8 Å². The molecule has 0 heterocycles. The molecule has 0 amide bonds. The van der Waals surface area contributed by atoms with Crippen LogP contribution in [0.5, 0.6) is 0 Å². The number of rotatable bonds is 3. The van der Waals surface area contributed by atoms with Crippen LogP contribution in [0.3, 0.4) is 0 Å². The zero-order valence-electron chi connectivity index (χ0n) is 9.84. The molecular formula is C7H12Cl2NNaO5S2.